The van der Waals surface area contributed by atoms with Gasteiger partial charge in [0.25, 0.3) is 0 Å². The first-order valence-corrected chi connectivity index (χ1v) is 43.4. The first-order valence-electron chi connectivity index (χ1n) is 41.4. The molecular formula is C100H110F5O15S5. The van der Waals surface area contributed by atoms with Crippen molar-refractivity contribution in [3.8, 4) is 28.7 Å². The molecule has 5 aliphatic carbocycles. The summed E-state index contributed by atoms with van der Waals surface area (Å²) in [6.45, 7) is 0. The fraction of sp³-hybridized carbons (Fsp3) is 0.350. The lowest BCUT2D eigenvalue weighted by molar-refractivity contribution is 0.0657. The van der Waals surface area contributed by atoms with Gasteiger partial charge in [-0.2, -0.15) is 0 Å². The number of hydrogen-bond acceptors (Lipinski definition) is 15. The van der Waals surface area contributed by atoms with Crippen molar-refractivity contribution in [1.82, 2.24) is 0 Å². The van der Waals surface area contributed by atoms with E-state index < -0.39 is 0 Å². The smallest absolute Gasteiger partial charge is 0.343 e. The number of esters is 5. The third-order valence-electron chi connectivity index (χ3n) is 23.3. The number of carbonyl (C=O) groups is 5. The lowest BCUT2D eigenvalue weighted by Gasteiger charge is -2.27. The van der Waals surface area contributed by atoms with Crippen molar-refractivity contribution in [2.75, 3.05) is 35.5 Å². The summed E-state index contributed by atoms with van der Waals surface area (Å²) in [4.78, 5) is 64.6. The molecule has 5 aliphatic rings. The minimum Gasteiger partial charge on any atom is -0.423 e. The van der Waals surface area contributed by atoms with Gasteiger partial charge in [-0.05, 0) is 368 Å². The monoisotopic (exact) mass is 1810 g/mol. The van der Waals surface area contributed by atoms with E-state index in [0.717, 1.165) is 153 Å². The number of methoxy groups -OCH3 is 5. The van der Waals surface area contributed by atoms with Crippen LogP contribution in [0.2, 0.25) is 0 Å². The fourth-order valence-electron chi connectivity index (χ4n) is 16.0. The summed E-state index contributed by atoms with van der Waals surface area (Å²) in [6, 6.07) is 73.5. The highest BCUT2D eigenvalue weighted by Gasteiger charge is 2.28. The lowest BCUT2D eigenvalue weighted by Crippen LogP contribution is -2.19. The maximum absolute atomic E-state index is 12.2. The van der Waals surface area contributed by atoms with Crippen LogP contribution < -0.4 is 23.7 Å². The number of halogens is 5. The second-order valence-corrected chi connectivity index (χ2v) is 33.3. The van der Waals surface area contributed by atoms with Crippen LogP contribution in [0.1, 0.15) is 238 Å². The Morgan fingerprint density at radius 1 is 0.192 bits per heavy atom. The summed E-state index contributed by atoms with van der Waals surface area (Å²) in [5, 5.41) is 0. The van der Waals surface area contributed by atoms with Gasteiger partial charge in [0.15, 0.2) is 0 Å². The van der Waals surface area contributed by atoms with Crippen molar-refractivity contribution in [2.24, 2.45) is 0 Å². The quantitative estimate of drug-likeness (QED) is 0.0399. The van der Waals surface area contributed by atoms with E-state index in [1.807, 2.05) is 121 Å². The lowest BCUT2D eigenvalue weighted by atomic mass is 9.82. The normalized spacial score (nSPS) is 19.7. The summed E-state index contributed by atoms with van der Waals surface area (Å²) < 4.78 is 53.9. The summed E-state index contributed by atoms with van der Waals surface area (Å²) >= 11 is 25.1. The van der Waals surface area contributed by atoms with Crippen LogP contribution in [0.4, 0.5) is 23.5 Å². The maximum Gasteiger partial charge on any atom is 0.343 e. The molecule has 0 bridgehead atoms. The van der Waals surface area contributed by atoms with E-state index in [1.54, 1.807) is 157 Å². The molecule has 0 N–H and O–H groups in total. The number of hydrogen-bond donors (Lipinski definition) is 0. The highest BCUT2D eigenvalue weighted by Crippen LogP contribution is 2.40. The predicted octanol–water partition coefficient (Wildman–Crippen LogP) is 26.4. The Bertz CT molecular complexity index is 4100. The Balaban J connectivity index is 0.000000239. The molecule has 665 valence electrons. The highest BCUT2D eigenvalue weighted by atomic mass is 32.1. The Morgan fingerprint density at radius 3 is 0.424 bits per heavy atom. The molecule has 5 radical (unpaired) electrons. The summed E-state index contributed by atoms with van der Waals surface area (Å²) in [5.41, 5.74) is 9.25. The molecule has 15 rings (SSSR count). The molecule has 0 spiro atoms. The minimum atomic E-state index is -0.346. The second-order valence-electron chi connectivity index (χ2n) is 31.0. The van der Waals surface area contributed by atoms with Crippen LogP contribution in [0, 0.1) is 0 Å². The van der Waals surface area contributed by atoms with Gasteiger partial charge in [-0.15, -0.1) is 0 Å². The standard InChI is InChI=1S/5C20H21O3S.5FH/c5*1-22-17-8-6-15(7-9-17)14-2-4-16(5-3-14)20(21)23-18-10-12-19(24)13-11-18;;;;;/h5*2-5,10-13,15,17H,6-9H2,1H3;5*1H/t5*15-,17-;;;;;. The fourth-order valence-corrected chi connectivity index (χ4v) is 16.7. The molecule has 10 aromatic rings. The van der Waals surface area contributed by atoms with Gasteiger partial charge in [0.05, 0.1) is 58.3 Å². The van der Waals surface area contributed by atoms with E-state index in [-0.39, 0.29) is 53.4 Å². The molecule has 5 fully saturated rings. The van der Waals surface area contributed by atoms with Gasteiger partial charge in [0.2, 0.25) is 0 Å². The molecule has 0 aliphatic heterocycles. The molecule has 0 atom stereocenters. The Kier molecular flexibility index (Phi) is 44.5. The van der Waals surface area contributed by atoms with Crippen LogP contribution in [0.3, 0.4) is 0 Å². The average molecular weight is 1810 g/mol. The number of benzene rings is 10. The molecule has 5 saturated carbocycles. The molecule has 25 heteroatoms. The highest BCUT2D eigenvalue weighted by molar-refractivity contribution is 7.81. The molecule has 0 amide bonds. The summed E-state index contributed by atoms with van der Waals surface area (Å²) in [6.07, 6.45) is 24.4. The van der Waals surface area contributed by atoms with Crippen molar-refractivity contribution in [3.05, 3.63) is 298 Å². The first-order chi connectivity index (χ1) is 58.3. The summed E-state index contributed by atoms with van der Waals surface area (Å²) in [5.74, 6) is 3.60. The van der Waals surface area contributed by atoms with Crippen LogP contribution in [-0.2, 0) is 23.7 Å². The van der Waals surface area contributed by atoms with Crippen molar-refractivity contribution in [3.63, 3.8) is 0 Å². The average Bonchev–Trinajstić information content (AvgIpc) is 0.855. The van der Waals surface area contributed by atoms with Crippen molar-refractivity contribution >= 4 is 93.0 Å². The van der Waals surface area contributed by atoms with Crippen LogP contribution in [-0.4, -0.2) is 95.9 Å². The van der Waals surface area contributed by atoms with Crippen LogP contribution in [0.5, 0.6) is 28.7 Å². The van der Waals surface area contributed by atoms with Gasteiger partial charge >= 0.3 is 29.8 Å². The van der Waals surface area contributed by atoms with Gasteiger partial charge in [0.1, 0.15) is 28.7 Å². The zero-order valence-electron chi connectivity index (χ0n) is 70.7. The molecular weight excluding hydrogens is 1700 g/mol. The van der Waals surface area contributed by atoms with E-state index in [1.165, 1.54) is 27.8 Å². The van der Waals surface area contributed by atoms with E-state index in [0.29, 0.717) is 117 Å². The van der Waals surface area contributed by atoms with Gasteiger partial charge in [-0.3, -0.25) is 23.5 Å². The first kappa shape index (κ1) is 104. The van der Waals surface area contributed by atoms with Crippen molar-refractivity contribution in [1.29, 1.82) is 0 Å². The van der Waals surface area contributed by atoms with Gasteiger partial charge in [-0.1, -0.05) is 124 Å². The Morgan fingerprint density at radius 2 is 0.312 bits per heavy atom. The van der Waals surface area contributed by atoms with Crippen molar-refractivity contribution < 1.29 is 94.9 Å². The molecule has 0 aromatic heterocycles. The zero-order chi connectivity index (χ0) is 84.7. The molecule has 0 unspecified atom stereocenters. The number of ether oxygens (including phenoxy) is 10. The van der Waals surface area contributed by atoms with Gasteiger partial charge in [0, 0.05) is 60.0 Å². The van der Waals surface area contributed by atoms with Gasteiger partial charge < -0.3 is 47.4 Å². The molecule has 10 aromatic carbocycles. The van der Waals surface area contributed by atoms with E-state index in [2.05, 4.69) is 0 Å². The minimum absolute atomic E-state index is 0. The van der Waals surface area contributed by atoms with Crippen LogP contribution >= 0.6 is 63.1 Å². The molecule has 125 heavy (non-hydrogen) atoms. The number of carbonyl (C=O) groups excluding carboxylic acids is 5. The third kappa shape index (κ3) is 32.5. The number of rotatable bonds is 20. The van der Waals surface area contributed by atoms with E-state index in [4.69, 9.17) is 111 Å². The Labute approximate surface area is 758 Å². The van der Waals surface area contributed by atoms with Crippen molar-refractivity contribution in [2.45, 2.75) is 213 Å². The molecule has 0 heterocycles. The Hall–Kier alpha value is -9.90. The van der Waals surface area contributed by atoms with Crippen LogP contribution in [0.15, 0.2) is 267 Å². The van der Waals surface area contributed by atoms with E-state index >= 15 is 0 Å². The molecule has 15 nitrogen and oxygen atoms in total. The predicted molar refractivity (Wildman–Crippen MR) is 491 cm³/mol. The largest absolute Gasteiger partial charge is 0.423 e. The summed E-state index contributed by atoms with van der Waals surface area (Å²) in [7, 11) is 8.93. The van der Waals surface area contributed by atoms with E-state index in [9.17, 15) is 24.0 Å². The molecule has 0 saturated heterocycles. The van der Waals surface area contributed by atoms with Crippen LogP contribution in [0.25, 0.3) is 0 Å². The zero-order valence-corrected chi connectivity index (χ0v) is 74.8. The third-order valence-corrected chi connectivity index (χ3v) is 24.7. The van der Waals surface area contributed by atoms with Gasteiger partial charge in [-0.25, -0.2) is 24.0 Å². The topological polar surface area (TPSA) is 178 Å². The SMILES string of the molecule is CO[C@H]1CC[C@H](c2ccc(C(=O)Oc3ccc([S])cc3)cc2)CC1.CO[C@H]1CC[C@H](c2ccc(C(=O)Oc3ccc([S])cc3)cc2)CC1.CO[C@H]1CC[C@H](c2ccc(C(=O)Oc3ccc([S])cc3)cc2)CC1.CO[C@H]1CC[C@H](c2ccc(C(=O)Oc3ccc([S])cc3)cc2)CC1.CO[C@H]1CC[C@H](c2ccc(C(=O)Oc3ccc([S])cc3)cc2)CC1.F.F.F.F.F. The maximum atomic E-state index is 12.2. The second kappa shape index (κ2) is 53.5.